The molecule has 0 spiro atoms. The Morgan fingerprint density at radius 3 is 2.24 bits per heavy atom. The number of anilines is 1. The van der Waals surface area contributed by atoms with Gasteiger partial charge in [0.05, 0.1) is 0 Å². The van der Waals surface area contributed by atoms with Gasteiger partial charge >= 0.3 is 0 Å². The number of aromatic nitrogens is 1. The number of rotatable bonds is 5. The van der Waals surface area contributed by atoms with Gasteiger partial charge in [-0.05, 0) is 18.8 Å². The number of carbonyl (C=O) groups is 1. The van der Waals surface area contributed by atoms with Crippen molar-refractivity contribution in [3.8, 4) is 0 Å². The molecule has 1 aromatic heterocycles. The molecular weight excluding hydrogens is 334 g/mol. The first-order valence-corrected chi connectivity index (χ1v) is 9.27. The van der Waals surface area contributed by atoms with Crippen molar-refractivity contribution in [3.05, 3.63) is 34.3 Å². The van der Waals surface area contributed by atoms with Crippen molar-refractivity contribution < 1.29 is 9.32 Å². The summed E-state index contributed by atoms with van der Waals surface area (Å²) < 4.78 is 5.11. The standard InChI is InChI=1S/C8H14N2O.C8H13NOS.C3H8/c1-8(2,3)6-5-7(9-4)10-11-6;1-4-8(5-10)11-7(3)6(2)9;1-3-2/h5H,1-4H3,(H,9,10);4-6H,3,9H2,1-2H3;3H2,1-2H3/b;8-4-;. The van der Waals surface area contributed by atoms with Crippen LogP contribution < -0.4 is 11.1 Å². The summed E-state index contributed by atoms with van der Waals surface area (Å²) in [6, 6.07) is 1.84. The third kappa shape index (κ3) is 12.5. The topological polar surface area (TPSA) is 81.2 Å². The molecule has 0 aromatic carbocycles. The Hall–Kier alpha value is -1.53. The van der Waals surface area contributed by atoms with Crippen LogP contribution in [0, 0.1) is 0 Å². The van der Waals surface area contributed by atoms with E-state index < -0.39 is 0 Å². The van der Waals surface area contributed by atoms with Gasteiger partial charge in [-0.15, -0.1) is 0 Å². The van der Waals surface area contributed by atoms with Crippen LogP contribution >= 0.6 is 11.8 Å². The number of aldehydes is 1. The molecule has 0 amide bonds. The van der Waals surface area contributed by atoms with E-state index in [1.54, 1.807) is 6.08 Å². The minimum atomic E-state index is -0.0742. The lowest BCUT2D eigenvalue weighted by Crippen LogP contribution is -2.15. The maximum atomic E-state index is 10.3. The molecule has 0 radical (unpaired) electrons. The summed E-state index contributed by atoms with van der Waals surface area (Å²) in [5, 5.41) is 6.73. The fourth-order valence-corrected chi connectivity index (χ4v) is 1.80. The van der Waals surface area contributed by atoms with Crippen LogP contribution in [0.15, 0.2) is 33.1 Å². The summed E-state index contributed by atoms with van der Waals surface area (Å²) >= 11 is 1.33. The Morgan fingerprint density at radius 2 is 2.00 bits per heavy atom. The molecule has 5 nitrogen and oxygen atoms in total. The predicted octanol–water partition coefficient (Wildman–Crippen LogP) is 5.11. The summed E-state index contributed by atoms with van der Waals surface area (Å²) in [5.74, 6) is 1.69. The number of nitrogens with two attached hydrogens (primary N) is 1. The molecular formula is C19H35N3O2S. The van der Waals surface area contributed by atoms with Gasteiger partial charge in [0.15, 0.2) is 12.1 Å². The molecule has 0 fully saturated rings. The highest BCUT2D eigenvalue weighted by Crippen LogP contribution is 2.24. The quantitative estimate of drug-likeness (QED) is 0.554. The fourth-order valence-electron chi connectivity index (χ4n) is 1.14. The summed E-state index contributed by atoms with van der Waals surface area (Å²) in [6.07, 6.45) is 3.80. The van der Waals surface area contributed by atoms with E-state index in [4.69, 9.17) is 10.3 Å². The van der Waals surface area contributed by atoms with Gasteiger partial charge in [0.1, 0.15) is 5.76 Å². The zero-order valence-electron chi connectivity index (χ0n) is 17.0. The normalized spacial score (nSPS) is 12.1. The van der Waals surface area contributed by atoms with Crippen LogP contribution in [0.1, 0.15) is 60.6 Å². The van der Waals surface area contributed by atoms with E-state index in [0.717, 1.165) is 22.8 Å². The van der Waals surface area contributed by atoms with E-state index in [0.29, 0.717) is 4.91 Å². The van der Waals surface area contributed by atoms with E-state index in [-0.39, 0.29) is 11.5 Å². The number of nitrogens with one attached hydrogen (secondary N) is 1. The molecule has 0 aliphatic heterocycles. The van der Waals surface area contributed by atoms with Gasteiger partial charge < -0.3 is 15.6 Å². The Balaban J connectivity index is 0. The molecule has 6 heteroatoms. The monoisotopic (exact) mass is 369 g/mol. The van der Waals surface area contributed by atoms with Crippen molar-refractivity contribution in [2.75, 3.05) is 12.4 Å². The third-order valence-corrected chi connectivity index (χ3v) is 3.86. The largest absolute Gasteiger partial charge is 0.370 e. The number of nitrogens with zero attached hydrogens (tertiary/aromatic N) is 1. The van der Waals surface area contributed by atoms with Crippen LogP contribution in [0.25, 0.3) is 0 Å². The Bertz CT molecular complexity index is 529. The first kappa shape index (κ1) is 25.7. The highest BCUT2D eigenvalue weighted by atomic mass is 32.2. The molecule has 0 aliphatic rings. The smallest absolute Gasteiger partial charge is 0.169 e. The van der Waals surface area contributed by atoms with Crippen LogP contribution in [0.3, 0.4) is 0 Å². The summed E-state index contributed by atoms with van der Waals surface area (Å²) in [7, 11) is 1.82. The lowest BCUT2D eigenvalue weighted by atomic mass is 9.93. The van der Waals surface area contributed by atoms with Crippen molar-refractivity contribution in [2.24, 2.45) is 5.73 Å². The van der Waals surface area contributed by atoms with E-state index in [2.05, 4.69) is 51.7 Å². The van der Waals surface area contributed by atoms with Crippen molar-refractivity contribution in [3.63, 3.8) is 0 Å². The molecule has 1 aromatic rings. The van der Waals surface area contributed by atoms with Gasteiger partial charge in [-0.1, -0.05) is 70.6 Å². The van der Waals surface area contributed by atoms with Crippen LogP contribution in [0.5, 0.6) is 0 Å². The molecule has 0 saturated heterocycles. The highest BCUT2D eigenvalue weighted by molar-refractivity contribution is 8.07. The second-order valence-corrected chi connectivity index (χ2v) is 7.65. The lowest BCUT2D eigenvalue weighted by molar-refractivity contribution is -0.104. The predicted molar refractivity (Wildman–Crippen MR) is 111 cm³/mol. The molecule has 25 heavy (non-hydrogen) atoms. The molecule has 0 bridgehead atoms. The zero-order valence-corrected chi connectivity index (χ0v) is 17.8. The molecule has 1 unspecified atom stereocenters. The van der Waals surface area contributed by atoms with Gasteiger partial charge in [-0.2, -0.15) is 0 Å². The number of hydrogen-bond donors (Lipinski definition) is 2. The van der Waals surface area contributed by atoms with Crippen LogP contribution in [-0.4, -0.2) is 24.5 Å². The Labute approximate surface area is 157 Å². The van der Waals surface area contributed by atoms with Gasteiger partial charge in [0.25, 0.3) is 0 Å². The minimum Gasteiger partial charge on any atom is -0.370 e. The van der Waals surface area contributed by atoms with Gasteiger partial charge in [0, 0.05) is 29.5 Å². The van der Waals surface area contributed by atoms with Crippen molar-refractivity contribution in [2.45, 2.75) is 66.3 Å². The SMILES string of the molecule is C=C(S/C(C=O)=C\C)C(C)N.CCC.CNc1cc(C(C)(C)C)on1. The van der Waals surface area contributed by atoms with Gasteiger partial charge in [0.2, 0.25) is 0 Å². The number of allylic oxidation sites excluding steroid dienone is 2. The molecule has 1 heterocycles. The highest BCUT2D eigenvalue weighted by Gasteiger charge is 2.18. The number of thioether (sulfide) groups is 1. The lowest BCUT2D eigenvalue weighted by Gasteiger charge is -2.11. The first-order chi connectivity index (χ1) is 11.6. The third-order valence-electron chi connectivity index (χ3n) is 2.66. The number of hydrogen-bond acceptors (Lipinski definition) is 6. The Morgan fingerprint density at radius 1 is 1.48 bits per heavy atom. The molecule has 1 rings (SSSR count). The second-order valence-electron chi connectivity index (χ2n) is 6.45. The Kier molecular flexibility index (Phi) is 14.1. The minimum absolute atomic E-state index is 0.0437. The van der Waals surface area contributed by atoms with Crippen LogP contribution in [0.2, 0.25) is 0 Å². The van der Waals surface area contributed by atoms with Crippen molar-refractivity contribution in [1.29, 1.82) is 0 Å². The van der Waals surface area contributed by atoms with Crippen LogP contribution in [0.4, 0.5) is 5.82 Å². The zero-order chi connectivity index (χ0) is 20.0. The van der Waals surface area contributed by atoms with Crippen LogP contribution in [-0.2, 0) is 10.2 Å². The van der Waals surface area contributed by atoms with Gasteiger partial charge in [-0.3, -0.25) is 4.79 Å². The maximum Gasteiger partial charge on any atom is 0.169 e. The van der Waals surface area contributed by atoms with E-state index >= 15 is 0 Å². The fraction of sp³-hybridized carbons (Fsp3) is 0.579. The summed E-state index contributed by atoms with van der Waals surface area (Å²) in [5.41, 5.74) is 5.57. The maximum absolute atomic E-state index is 10.3. The summed E-state index contributed by atoms with van der Waals surface area (Å²) in [6.45, 7) is 17.9. The average Bonchev–Trinajstić information content (AvgIpc) is 3.03. The van der Waals surface area contributed by atoms with E-state index in [1.807, 2.05) is 27.0 Å². The van der Waals surface area contributed by atoms with Crippen molar-refractivity contribution in [1.82, 2.24) is 5.16 Å². The van der Waals surface area contributed by atoms with Crippen molar-refractivity contribution >= 4 is 23.9 Å². The van der Waals surface area contributed by atoms with E-state index in [9.17, 15) is 4.79 Å². The molecule has 0 aliphatic carbocycles. The second kappa shape index (κ2) is 13.7. The first-order valence-electron chi connectivity index (χ1n) is 8.45. The molecule has 144 valence electrons. The molecule has 3 N–H and O–H groups in total. The number of carbonyl (C=O) groups excluding carboxylic acids is 1. The van der Waals surface area contributed by atoms with Gasteiger partial charge in [-0.25, -0.2) is 0 Å². The average molecular weight is 370 g/mol. The van der Waals surface area contributed by atoms with E-state index in [1.165, 1.54) is 18.2 Å². The summed E-state index contributed by atoms with van der Waals surface area (Å²) in [4.78, 5) is 11.8. The molecule has 1 atom stereocenters. The molecule has 0 saturated carbocycles.